The van der Waals surface area contributed by atoms with Crippen molar-refractivity contribution in [2.75, 3.05) is 20.1 Å². The Morgan fingerprint density at radius 2 is 2.23 bits per heavy atom. The number of likely N-dealkylation sites (N-methyl/N-ethyl adjacent to an activating group) is 1. The molecular weight excluding hydrogens is 280 g/mol. The highest BCUT2D eigenvalue weighted by molar-refractivity contribution is 5.94. The van der Waals surface area contributed by atoms with Gasteiger partial charge in [0.1, 0.15) is 5.75 Å². The van der Waals surface area contributed by atoms with Gasteiger partial charge in [0.05, 0.1) is 0 Å². The number of hydrogen-bond acceptors (Lipinski definition) is 4. The Labute approximate surface area is 131 Å². The molecular formula is C17H24N2O3. The lowest BCUT2D eigenvalue weighted by molar-refractivity contribution is -0.127. The molecule has 1 aliphatic rings. The molecule has 1 saturated heterocycles. The second kappa shape index (κ2) is 7.40. The van der Waals surface area contributed by atoms with E-state index < -0.39 is 6.10 Å². The zero-order chi connectivity index (χ0) is 16.1. The lowest BCUT2D eigenvalue weighted by Gasteiger charge is -2.21. The number of nitrogens with zero attached hydrogens (tertiary/aromatic N) is 1. The van der Waals surface area contributed by atoms with Crippen molar-refractivity contribution in [1.82, 2.24) is 10.2 Å². The van der Waals surface area contributed by atoms with Gasteiger partial charge in [-0.25, -0.2) is 0 Å². The number of amides is 1. The summed E-state index contributed by atoms with van der Waals surface area (Å²) in [6.07, 6.45) is 1.71. The normalized spacial score (nSPS) is 19.7. The van der Waals surface area contributed by atoms with Crippen LogP contribution in [-0.2, 0) is 4.79 Å². The molecule has 0 aliphatic carbocycles. The molecule has 0 bridgehead atoms. The van der Waals surface area contributed by atoms with Gasteiger partial charge in [0, 0.05) is 18.2 Å². The molecule has 1 aromatic carbocycles. The van der Waals surface area contributed by atoms with Crippen LogP contribution in [0.5, 0.6) is 5.75 Å². The Morgan fingerprint density at radius 1 is 1.45 bits per heavy atom. The fraction of sp³-hybridized carbons (Fsp3) is 0.529. The maximum Gasteiger partial charge on any atom is 0.260 e. The van der Waals surface area contributed by atoms with Crippen LogP contribution in [0.15, 0.2) is 24.3 Å². The molecule has 22 heavy (non-hydrogen) atoms. The van der Waals surface area contributed by atoms with Crippen LogP contribution in [-0.4, -0.2) is 48.9 Å². The molecule has 2 atom stereocenters. The van der Waals surface area contributed by atoms with Crippen molar-refractivity contribution in [2.24, 2.45) is 0 Å². The zero-order valence-electron chi connectivity index (χ0n) is 13.5. The number of rotatable bonds is 6. The first-order valence-electron chi connectivity index (χ1n) is 7.73. The number of ether oxygens (including phenoxy) is 1. The van der Waals surface area contributed by atoms with Gasteiger partial charge >= 0.3 is 0 Å². The van der Waals surface area contributed by atoms with E-state index >= 15 is 0 Å². The Hall–Kier alpha value is -1.88. The fourth-order valence-corrected chi connectivity index (χ4v) is 2.65. The van der Waals surface area contributed by atoms with Gasteiger partial charge in [-0.1, -0.05) is 12.1 Å². The molecule has 5 heteroatoms. The molecule has 1 heterocycles. The first-order valence-corrected chi connectivity index (χ1v) is 7.73. The lowest BCUT2D eigenvalue weighted by Crippen LogP contribution is -2.43. The van der Waals surface area contributed by atoms with Gasteiger partial charge < -0.3 is 15.0 Å². The number of likely N-dealkylation sites (tertiary alicyclic amines) is 1. The molecule has 120 valence electrons. The van der Waals surface area contributed by atoms with E-state index in [4.69, 9.17) is 4.74 Å². The van der Waals surface area contributed by atoms with E-state index in [0.717, 1.165) is 13.0 Å². The predicted octanol–water partition coefficient (Wildman–Crippen LogP) is 1.87. The van der Waals surface area contributed by atoms with E-state index in [0.29, 0.717) is 23.9 Å². The molecule has 2 rings (SSSR count). The number of carbonyl (C=O) groups is 2. The maximum absolute atomic E-state index is 12.1. The molecule has 1 fully saturated rings. The van der Waals surface area contributed by atoms with Gasteiger partial charge in [0.25, 0.3) is 5.91 Å². The Balaban J connectivity index is 1.85. The summed E-state index contributed by atoms with van der Waals surface area (Å²) < 4.78 is 5.63. The number of hydrogen-bond donors (Lipinski definition) is 1. The topological polar surface area (TPSA) is 58.6 Å². The number of nitrogens with one attached hydrogen (secondary N) is 1. The summed E-state index contributed by atoms with van der Waals surface area (Å²) in [4.78, 5) is 25.7. The van der Waals surface area contributed by atoms with Crippen molar-refractivity contribution in [3.8, 4) is 5.75 Å². The standard InChI is InChI=1S/C17H24N2O3/c1-12(20)14-6-4-8-16(10-14)22-13(2)17(21)18-11-15-7-5-9-19(15)3/h4,6,8,10,13,15H,5,7,9,11H2,1-3H3,(H,18,21)/t13-,15-/m0/s1. The SMILES string of the molecule is CC(=O)c1cccc(O[C@@H](C)C(=O)NC[C@@H]2CCCN2C)c1. The van der Waals surface area contributed by atoms with E-state index in [2.05, 4.69) is 17.3 Å². The number of benzene rings is 1. The van der Waals surface area contributed by atoms with Gasteiger partial charge in [-0.3, -0.25) is 9.59 Å². The summed E-state index contributed by atoms with van der Waals surface area (Å²) in [6.45, 7) is 4.96. The fourth-order valence-electron chi connectivity index (χ4n) is 2.65. The Bertz CT molecular complexity index is 544. The largest absolute Gasteiger partial charge is 0.481 e. The third-order valence-electron chi connectivity index (χ3n) is 4.11. The number of ketones is 1. The molecule has 0 saturated carbocycles. The maximum atomic E-state index is 12.1. The minimum atomic E-state index is -0.589. The summed E-state index contributed by atoms with van der Waals surface area (Å²) in [5, 5.41) is 2.94. The van der Waals surface area contributed by atoms with Crippen LogP contribution in [0.25, 0.3) is 0 Å². The van der Waals surface area contributed by atoms with Crippen LogP contribution in [0.1, 0.15) is 37.0 Å². The summed E-state index contributed by atoms with van der Waals surface area (Å²) in [5.41, 5.74) is 0.581. The third-order valence-corrected chi connectivity index (χ3v) is 4.11. The minimum Gasteiger partial charge on any atom is -0.481 e. The molecule has 1 aliphatic heterocycles. The average molecular weight is 304 g/mol. The van der Waals surface area contributed by atoms with E-state index in [1.807, 2.05) is 0 Å². The van der Waals surface area contributed by atoms with E-state index in [1.165, 1.54) is 13.3 Å². The van der Waals surface area contributed by atoms with Crippen molar-refractivity contribution in [1.29, 1.82) is 0 Å². The molecule has 1 aromatic rings. The molecule has 0 unspecified atom stereocenters. The van der Waals surface area contributed by atoms with Crippen molar-refractivity contribution >= 4 is 11.7 Å². The highest BCUT2D eigenvalue weighted by atomic mass is 16.5. The van der Waals surface area contributed by atoms with Gasteiger partial charge in [0.15, 0.2) is 11.9 Å². The zero-order valence-corrected chi connectivity index (χ0v) is 13.5. The van der Waals surface area contributed by atoms with E-state index in [-0.39, 0.29) is 11.7 Å². The molecule has 0 radical (unpaired) electrons. The molecule has 0 aromatic heterocycles. The smallest absolute Gasteiger partial charge is 0.260 e. The molecule has 5 nitrogen and oxygen atoms in total. The Morgan fingerprint density at radius 3 is 2.86 bits per heavy atom. The van der Waals surface area contributed by atoms with Crippen LogP contribution in [0.2, 0.25) is 0 Å². The van der Waals surface area contributed by atoms with Crippen molar-refractivity contribution < 1.29 is 14.3 Å². The second-order valence-corrected chi connectivity index (χ2v) is 5.87. The lowest BCUT2D eigenvalue weighted by atomic mass is 10.1. The predicted molar refractivity (Wildman–Crippen MR) is 85.2 cm³/mol. The minimum absolute atomic E-state index is 0.0215. The summed E-state index contributed by atoms with van der Waals surface area (Å²) in [5.74, 6) is 0.383. The molecule has 0 spiro atoms. The monoisotopic (exact) mass is 304 g/mol. The average Bonchev–Trinajstić information content (AvgIpc) is 2.90. The van der Waals surface area contributed by atoms with Crippen molar-refractivity contribution in [3.63, 3.8) is 0 Å². The van der Waals surface area contributed by atoms with Crippen LogP contribution < -0.4 is 10.1 Å². The molecule has 1 N–H and O–H groups in total. The van der Waals surface area contributed by atoms with Crippen LogP contribution in [0.3, 0.4) is 0 Å². The quantitative estimate of drug-likeness (QED) is 0.815. The van der Waals surface area contributed by atoms with E-state index in [9.17, 15) is 9.59 Å². The van der Waals surface area contributed by atoms with Crippen molar-refractivity contribution in [2.45, 2.75) is 38.8 Å². The van der Waals surface area contributed by atoms with Gasteiger partial charge in [0.2, 0.25) is 0 Å². The van der Waals surface area contributed by atoms with Gasteiger partial charge in [-0.05, 0) is 52.4 Å². The first kappa shape index (κ1) is 16.5. The summed E-state index contributed by atoms with van der Waals surface area (Å²) >= 11 is 0. The van der Waals surface area contributed by atoms with Gasteiger partial charge in [-0.15, -0.1) is 0 Å². The van der Waals surface area contributed by atoms with Crippen LogP contribution in [0.4, 0.5) is 0 Å². The highest BCUT2D eigenvalue weighted by Gasteiger charge is 2.22. The van der Waals surface area contributed by atoms with Crippen molar-refractivity contribution in [3.05, 3.63) is 29.8 Å². The second-order valence-electron chi connectivity index (χ2n) is 5.87. The summed E-state index contributed by atoms with van der Waals surface area (Å²) in [6, 6.07) is 7.31. The highest BCUT2D eigenvalue weighted by Crippen LogP contribution is 2.16. The van der Waals surface area contributed by atoms with E-state index in [1.54, 1.807) is 31.2 Å². The van der Waals surface area contributed by atoms with Crippen LogP contribution in [0, 0.1) is 0 Å². The number of carbonyl (C=O) groups excluding carboxylic acids is 2. The number of Topliss-reactive ketones (excluding diaryl/α,β-unsaturated/α-hetero) is 1. The third kappa shape index (κ3) is 4.31. The Kier molecular flexibility index (Phi) is 5.55. The first-order chi connectivity index (χ1) is 10.5. The summed E-state index contributed by atoms with van der Waals surface area (Å²) in [7, 11) is 2.08. The van der Waals surface area contributed by atoms with Gasteiger partial charge in [-0.2, -0.15) is 0 Å². The van der Waals surface area contributed by atoms with Crippen LogP contribution >= 0.6 is 0 Å². The molecule has 1 amide bonds.